The van der Waals surface area contributed by atoms with Gasteiger partial charge in [0.25, 0.3) is 5.91 Å². The molecule has 28 heavy (non-hydrogen) atoms. The van der Waals surface area contributed by atoms with Crippen LogP contribution in [0.25, 0.3) is 0 Å². The molecule has 1 aliphatic carbocycles. The van der Waals surface area contributed by atoms with Gasteiger partial charge in [0.15, 0.2) is 0 Å². The van der Waals surface area contributed by atoms with Crippen LogP contribution in [0.3, 0.4) is 0 Å². The van der Waals surface area contributed by atoms with Crippen molar-refractivity contribution in [2.75, 3.05) is 18.9 Å². The molecule has 1 aromatic carbocycles. The van der Waals surface area contributed by atoms with Gasteiger partial charge >= 0.3 is 0 Å². The number of carbonyl (C=O) groups excluding carboxylic acids is 2. The molecule has 0 atom stereocenters. The summed E-state index contributed by atoms with van der Waals surface area (Å²) in [5.74, 6) is 2.48. The summed E-state index contributed by atoms with van der Waals surface area (Å²) in [6.07, 6.45) is 7.62. The molecule has 3 rings (SSSR count). The molecule has 0 unspecified atom stereocenters. The van der Waals surface area contributed by atoms with Gasteiger partial charge in [-0.3, -0.25) is 14.3 Å². The minimum atomic E-state index is -0.323. The largest absolute Gasteiger partial charge is 0.331 e. The lowest BCUT2D eigenvalue weighted by Gasteiger charge is -2.24. The third-order valence-corrected chi connectivity index (χ3v) is 4.62. The Hall–Kier alpha value is -3.07. The van der Waals surface area contributed by atoms with Gasteiger partial charge in [-0.15, -0.1) is 6.42 Å². The van der Waals surface area contributed by atoms with Crippen LogP contribution in [0.4, 0.5) is 5.69 Å². The summed E-state index contributed by atoms with van der Waals surface area (Å²) in [5, 5.41) is 7.44. The van der Waals surface area contributed by atoms with Crippen LogP contribution in [0, 0.1) is 12.3 Å². The van der Waals surface area contributed by atoms with Crippen LogP contribution in [0.1, 0.15) is 61.3 Å². The number of carbonyl (C=O) groups is 2. The Morgan fingerprint density at radius 1 is 1.32 bits per heavy atom. The highest BCUT2D eigenvalue weighted by atomic mass is 16.2. The number of nitrogens with one attached hydrogen (secondary N) is 1. The molecule has 1 fully saturated rings. The zero-order valence-corrected chi connectivity index (χ0v) is 16.8. The SMILES string of the molecule is C#Cc1cccc(NC(=O)CN(C)C(=O)c2cc(C3CC3)nn2C(C)(C)C)c1. The van der Waals surface area contributed by atoms with Gasteiger partial charge in [0, 0.05) is 24.2 Å². The van der Waals surface area contributed by atoms with Gasteiger partial charge in [0.05, 0.1) is 17.8 Å². The molecule has 1 saturated carbocycles. The number of hydrogen-bond donors (Lipinski definition) is 1. The van der Waals surface area contributed by atoms with Crippen LogP contribution in [0.15, 0.2) is 30.3 Å². The maximum Gasteiger partial charge on any atom is 0.272 e. The summed E-state index contributed by atoms with van der Waals surface area (Å²) in [6.45, 7) is 5.98. The first kappa shape index (κ1) is 19.7. The Bertz CT molecular complexity index is 942. The number of likely N-dealkylation sites (N-methyl/N-ethyl adjacent to an activating group) is 1. The van der Waals surface area contributed by atoms with Crippen molar-refractivity contribution in [3.8, 4) is 12.3 Å². The van der Waals surface area contributed by atoms with E-state index in [1.54, 1.807) is 36.0 Å². The maximum atomic E-state index is 13.0. The molecule has 146 valence electrons. The summed E-state index contributed by atoms with van der Waals surface area (Å²) in [7, 11) is 1.62. The van der Waals surface area contributed by atoms with Gasteiger partial charge in [0.1, 0.15) is 5.69 Å². The Morgan fingerprint density at radius 2 is 2.04 bits per heavy atom. The number of aromatic nitrogens is 2. The van der Waals surface area contributed by atoms with E-state index >= 15 is 0 Å². The van der Waals surface area contributed by atoms with E-state index in [2.05, 4.69) is 16.3 Å². The van der Waals surface area contributed by atoms with Crippen molar-refractivity contribution in [2.24, 2.45) is 0 Å². The van der Waals surface area contributed by atoms with E-state index in [1.165, 1.54) is 4.90 Å². The highest BCUT2D eigenvalue weighted by Gasteiger charge is 2.32. The predicted octanol–water partition coefficient (Wildman–Crippen LogP) is 3.21. The minimum absolute atomic E-state index is 0.0623. The van der Waals surface area contributed by atoms with E-state index in [9.17, 15) is 9.59 Å². The zero-order chi connectivity index (χ0) is 20.5. The van der Waals surface area contributed by atoms with E-state index in [0.717, 1.165) is 18.5 Å². The summed E-state index contributed by atoms with van der Waals surface area (Å²) in [4.78, 5) is 26.8. The first-order valence-electron chi connectivity index (χ1n) is 9.41. The number of anilines is 1. The van der Waals surface area contributed by atoms with Gasteiger partial charge in [-0.25, -0.2) is 0 Å². The molecule has 0 spiro atoms. The molecule has 6 heteroatoms. The highest BCUT2D eigenvalue weighted by Crippen LogP contribution is 2.40. The van der Waals surface area contributed by atoms with Crippen molar-refractivity contribution in [2.45, 2.75) is 45.1 Å². The average Bonchev–Trinajstić information content (AvgIpc) is 3.38. The van der Waals surface area contributed by atoms with E-state index in [0.29, 0.717) is 22.9 Å². The number of terminal acetylenes is 1. The standard InChI is InChI=1S/C22H26N4O2/c1-6-15-8-7-9-17(12-15)23-20(27)14-25(5)21(28)19-13-18(16-10-11-16)24-26(19)22(2,3)4/h1,7-9,12-13,16H,10-11,14H2,2-5H3,(H,23,27). The molecule has 0 radical (unpaired) electrons. The fourth-order valence-electron chi connectivity index (χ4n) is 3.01. The molecular formula is C22H26N4O2. The molecule has 0 saturated heterocycles. The van der Waals surface area contributed by atoms with E-state index in [4.69, 9.17) is 6.42 Å². The Morgan fingerprint density at radius 3 is 2.64 bits per heavy atom. The lowest BCUT2D eigenvalue weighted by atomic mass is 10.1. The predicted molar refractivity (Wildman–Crippen MR) is 109 cm³/mol. The van der Waals surface area contributed by atoms with Crippen LogP contribution >= 0.6 is 0 Å². The number of amides is 2. The van der Waals surface area contributed by atoms with Crippen LogP contribution in [-0.4, -0.2) is 40.1 Å². The van der Waals surface area contributed by atoms with Gasteiger partial charge in [-0.1, -0.05) is 12.0 Å². The maximum absolute atomic E-state index is 13.0. The third kappa shape index (κ3) is 4.42. The van der Waals surface area contributed by atoms with Crippen LogP contribution < -0.4 is 5.32 Å². The molecule has 2 aromatic rings. The highest BCUT2D eigenvalue weighted by molar-refractivity contribution is 5.98. The summed E-state index contributed by atoms with van der Waals surface area (Å²) < 4.78 is 1.77. The van der Waals surface area contributed by atoms with Crippen molar-refractivity contribution >= 4 is 17.5 Å². The molecule has 1 aliphatic rings. The van der Waals surface area contributed by atoms with Crippen molar-refractivity contribution in [1.82, 2.24) is 14.7 Å². The van der Waals surface area contributed by atoms with Crippen molar-refractivity contribution < 1.29 is 9.59 Å². The van der Waals surface area contributed by atoms with Gasteiger partial charge in [0.2, 0.25) is 5.91 Å². The molecule has 1 aromatic heterocycles. The number of benzene rings is 1. The Kier molecular flexibility index (Phi) is 5.28. The molecule has 2 amide bonds. The fourth-order valence-corrected chi connectivity index (χ4v) is 3.01. The van der Waals surface area contributed by atoms with Crippen molar-refractivity contribution in [3.05, 3.63) is 47.3 Å². The zero-order valence-electron chi connectivity index (χ0n) is 16.8. The molecule has 6 nitrogen and oxygen atoms in total. The second-order valence-corrected chi connectivity index (χ2v) is 8.25. The monoisotopic (exact) mass is 378 g/mol. The Balaban J connectivity index is 1.72. The minimum Gasteiger partial charge on any atom is -0.331 e. The second kappa shape index (κ2) is 7.51. The first-order valence-corrected chi connectivity index (χ1v) is 9.41. The molecule has 0 aliphatic heterocycles. The van der Waals surface area contributed by atoms with E-state index in [-0.39, 0.29) is 23.9 Å². The number of nitrogens with zero attached hydrogens (tertiary/aromatic N) is 3. The van der Waals surface area contributed by atoms with Gasteiger partial charge < -0.3 is 10.2 Å². The topological polar surface area (TPSA) is 67.2 Å². The van der Waals surface area contributed by atoms with Crippen molar-refractivity contribution in [1.29, 1.82) is 0 Å². The lowest BCUT2D eigenvalue weighted by molar-refractivity contribution is -0.116. The summed E-state index contributed by atoms with van der Waals surface area (Å²) >= 11 is 0. The van der Waals surface area contributed by atoms with Crippen molar-refractivity contribution in [3.63, 3.8) is 0 Å². The number of hydrogen-bond acceptors (Lipinski definition) is 3. The summed E-state index contributed by atoms with van der Waals surface area (Å²) in [6, 6.07) is 8.92. The average molecular weight is 378 g/mol. The Labute approximate surface area is 165 Å². The molecule has 1 heterocycles. The van der Waals surface area contributed by atoms with E-state index < -0.39 is 0 Å². The number of rotatable bonds is 5. The molecule has 0 bridgehead atoms. The normalized spacial score (nSPS) is 13.7. The van der Waals surface area contributed by atoms with Crippen LogP contribution in [-0.2, 0) is 10.3 Å². The van der Waals surface area contributed by atoms with Gasteiger partial charge in [-0.05, 0) is 57.9 Å². The first-order chi connectivity index (χ1) is 13.2. The fraction of sp³-hybridized carbons (Fsp3) is 0.409. The van der Waals surface area contributed by atoms with Gasteiger partial charge in [-0.2, -0.15) is 5.10 Å². The summed E-state index contributed by atoms with van der Waals surface area (Å²) in [5.41, 5.74) is 2.44. The molecular weight excluding hydrogens is 352 g/mol. The quantitative estimate of drug-likeness (QED) is 0.813. The third-order valence-electron chi connectivity index (χ3n) is 4.62. The lowest BCUT2D eigenvalue weighted by Crippen LogP contribution is -2.38. The van der Waals surface area contributed by atoms with Crippen LogP contribution in [0.5, 0.6) is 0 Å². The van der Waals surface area contributed by atoms with E-state index in [1.807, 2.05) is 26.8 Å². The van der Waals surface area contributed by atoms with Crippen LogP contribution in [0.2, 0.25) is 0 Å². The molecule has 1 N–H and O–H groups in total. The second-order valence-electron chi connectivity index (χ2n) is 8.25. The smallest absolute Gasteiger partial charge is 0.272 e.